The molecule has 0 aromatic rings. The Morgan fingerprint density at radius 3 is 1.62 bits per heavy atom. The van der Waals surface area contributed by atoms with Gasteiger partial charge in [0.15, 0.2) is 0 Å². The summed E-state index contributed by atoms with van der Waals surface area (Å²) in [6.07, 6.45) is 0. The summed E-state index contributed by atoms with van der Waals surface area (Å²) in [6, 6.07) is 0. The van der Waals surface area contributed by atoms with E-state index < -0.39 is 0 Å². The number of hydrogen-bond acceptors (Lipinski definition) is 0. The van der Waals surface area contributed by atoms with Gasteiger partial charge in [-0.2, -0.15) is 0 Å². The minimum atomic E-state index is 0. The molecule has 0 radical (unpaired) electrons. The van der Waals surface area contributed by atoms with Crippen LogP contribution in [0.3, 0.4) is 0 Å². The van der Waals surface area contributed by atoms with Crippen LogP contribution in [0.25, 0.3) is 0 Å². The van der Waals surface area contributed by atoms with Crippen molar-refractivity contribution in [3.8, 4) is 0 Å². The molecule has 4 heteroatoms. The predicted molar refractivity (Wildman–Crippen MR) is 54.1 cm³/mol. The maximum atomic E-state index is 2.35. The Kier molecular flexibility index (Phi) is 5.85. The molecule has 13 heavy (non-hydrogen) atoms. The van der Waals surface area contributed by atoms with Gasteiger partial charge in [-0.25, -0.2) is 0 Å². The van der Waals surface area contributed by atoms with Gasteiger partial charge in [0.1, 0.15) is 0 Å². The van der Waals surface area contributed by atoms with Crippen LogP contribution in [0.2, 0.25) is 0 Å². The van der Waals surface area contributed by atoms with Gasteiger partial charge in [0.2, 0.25) is 0 Å². The Morgan fingerprint density at radius 1 is 1.15 bits per heavy atom. The fourth-order valence-electron chi connectivity index (χ4n) is 1.59. The Balaban J connectivity index is 0. The molecule has 0 nitrogen and oxygen atoms in total. The van der Waals surface area contributed by atoms with Crippen LogP contribution in [0.1, 0.15) is 27.7 Å². The van der Waals surface area contributed by atoms with E-state index >= 15 is 0 Å². The van der Waals surface area contributed by atoms with Crippen LogP contribution in [0.15, 0.2) is 19.6 Å². The Labute approximate surface area is 96.9 Å². The second-order valence-corrected chi connectivity index (χ2v) is 6.10. The first-order valence-electron chi connectivity index (χ1n) is 4.00. The van der Waals surface area contributed by atoms with Crippen molar-refractivity contribution in [1.29, 1.82) is 0 Å². The molecular formula is C9H17F2SiZr. The number of hydrogen-bond donors (Lipinski definition) is 0. The number of allylic oxidation sites excluding steroid dienone is 4. The van der Waals surface area contributed by atoms with Crippen molar-refractivity contribution < 1.29 is 34.1 Å². The molecule has 0 aromatic carbocycles. The molecule has 1 rings (SSSR count). The van der Waals surface area contributed by atoms with Crippen molar-refractivity contribution in [3.63, 3.8) is 0 Å². The molecule has 0 bridgehead atoms. The first kappa shape index (κ1) is 15.9. The van der Waals surface area contributed by atoms with Crippen LogP contribution in [0.4, 0.5) is 9.41 Å². The maximum absolute atomic E-state index is 2.35. The second-order valence-electron chi connectivity index (χ2n) is 3.88. The summed E-state index contributed by atoms with van der Waals surface area (Å²) in [4.78, 5) is 0. The minimum Gasteiger partial charge on any atom is -0.269 e. The van der Waals surface area contributed by atoms with Gasteiger partial charge in [0.05, 0.1) is 0 Å². The third-order valence-corrected chi connectivity index (χ3v) is 7.02. The molecule has 0 spiro atoms. The average molecular weight is 283 g/mol. The summed E-state index contributed by atoms with van der Waals surface area (Å²) < 4.78 is 1.66. The van der Waals surface area contributed by atoms with E-state index in [-0.39, 0.29) is 9.41 Å². The molecule has 75 valence electrons. The summed E-state index contributed by atoms with van der Waals surface area (Å²) in [5.41, 5.74) is 3.60. The molecule has 0 fully saturated rings. The standard InChI is InChI=1S/C9H15Si.2FH.Zr/c1-6-5-9(3,4)7(2)8(6)10;;;/h1-4,10H3;2*1H;. The van der Waals surface area contributed by atoms with Gasteiger partial charge in [-0.15, -0.1) is 0 Å². The van der Waals surface area contributed by atoms with Crippen molar-refractivity contribution >= 4 is 10.2 Å². The third kappa shape index (κ3) is 2.27. The molecule has 0 N–H and O–H groups in total. The van der Waals surface area contributed by atoms with E-state index in [1.54, 1.807) is 44.3 Å². The summed E-state index contributed by atoms with van der Waals surface area (Å²) in [5, 5.41) is 1.65. The van der Waals surface area contributed by atoms with E-state index in [1.165, 1.54) is 10.2 Å². The number of rotatable bonds is 0. The molecule has 0 unspecified atom stereocenters. The van der Waals surface area contributed by atoms with Gasteiger partial charge in [-0.3, -0.25) is 9.41 Å². The molecule has 0 aliphatic heterocycles. The molecule has 0 atom stereocenters. The van der Waals surface area contributed by atoms with E-state index in [0.717, 1.165) is 0 Å². The van der Waals surface area contributed by atoms with Crippen molar-refractivity contribution in [3.05, 3.63) is 19.6 Å². The zero-order valence-corrected chi connectivity index (χ0v) is 13.3. The maximum Gasteiger partial charge on any atom is -0.269 e. The van der Waals surface area contributed by atoms with Gasteiger partial charge in [-0.05, 0) is 0 Å². The molecule has 0 aromatic heterocycles. The Bertz CT molecular complexity index is 241. The van der Waals surface area contributed by atoms with Gasteiger partial charge in [-0.1, -0.05) is 0 Å². The molecule has 0 heterocycles. The Morgan fingerprint density at radius 2 is 1.54 bits per heavy atom. The largest absolute Gasteiger partial charge is 0.269 e. The van der Waals surface area contributed by atoms with Gasteiger partial charge >= 0.3 is 87.7 Å². The minimum absolute atomic E-state index is 0. The van der Waals surface area contributed by atoms with E-state index in [1.807, 2.05) is 0 Å². The van der Waals surface area contributed by atoms with Crippen molar-refractivity contribution in [2.24, 2.45) is 5.41 Å². The second kappa shape index (κ2) is 4.79. The topological polar surface area (TPSA) is 0 Å². The SMILES string of the molecule is CC1=[C]([Zr])C(C)(C)C(C)=C1[SiH3].F.F. The van der Waals surface area contributed by atoms with E-state index in [9.17, 15) is 0 Å². The van der Waals surface area contributed by atoms with Crippen LogP contribution >= 0.6 is 0 Å². The summed E-state index contributed by atoms with van der Waals surface area (Å²) in [6.45, 7) is 9.27. The summed E-state index contributed by atoms with van der Waals surface area (Å²) in [5.74, 6) is 0. The Hall–Kier alpha value is 0.440. The fraction of sp³-hybridized carbons (Fsp3) is 0.556. The molecular weight excluding hydrogens is 265 g/mol. The third-order valence-electron chi connectivity index (χ3n) is 3.06. The van der Waals surface area contributed by atoms with Crippen molar-refractivity contribution in [1.82, 2.24) is 0 Å². The zero-order chi connectivity index (χ0) is 8.81. The van der Waals surface area contributed by atoms with E-state index in [2.05, 4.69) is 27.7 Å². The molecule has 0 saturated heterocycles. The average Bonchev–Trinajstić information content (AvgIpc) is 2.06. The van der Waals surface area contributed by atoms with Gasteiger partial charge < -0.3 is 0 Å². The number of halogens is 2. The monoisotopic (exact) mass is 281 g/mol. The van der Waals surface area contributed by atoms with Crippen LogP contribution in [-0.4, -0.2) is 10.2 Å². The van der Waals surface area contributed by atoms with Crippen LogP contribution in [0, 0.1) is 5.41 Å². The molecule has 0 saturated carbocycles. The predicted octanol–water partition coefficient (Wildman–Crippen LogP) is 1.79. The smallest absolute Gasteiger partial charge is 0.269 e. The molecule has 0 amide bonds. The quantitative estimate of drug-likeness (QED) is 0.594. The molecule has 1 aliphatic carbocycles. The van der Waals surface area contributed by atoms with E-state index in [0.29, 0.717) is 5.41 Å². The van der Waals surface area contributed by atoms with Crippen LogP contribution in [-0.2, 0) is 24.7 Å². The van der Waals surface area contributed by atoms with Gasteiger partial charge in [0.25, 0.3) is 0 Å². The fourth-order valence-corrected chi connectivity index (χ4v) is 4.01. The van der Waals surface area contributed by atoms with Crippen LogP contribution < -0.4 is 0 Å². The normalized spacial score (nSPS) is 19.9. The summed E-state index contributed by atoms with van der Waals surface area (Å²) in [7, 11) is 1.22. The first-order valence-corrected chi connectivity index (χ1v) is 6.23. The first-order chi connectivity index (χ1) is 4.89. The van der Waals surface area contributed by atoms with Crippen molar-refractivity contribution in [2.45, 2.75) is 27.7 Å². The van der Waals surface area contributed by atoms with Crippen LogP contribution in [0.5, 0.6) is 0 Å². The van der Waals surface area contributed by atoms with Gasteiger partial charge in [0, 0.05) is 0 Å². The summed E-state index contributed by atoms with van der Waals surface area (Å²) >= 11 is 1.60. The van der Waals surface area contributed by atoms with Crippen molar-refractivity contribution in [2.75, 3.05) is 0 Å². The molecule has 1 aliphatic rings. The zero-order valence-electron chi connectivity index (χ0n) is 8.82. The van der Waals surface area contributed by atoms with E-state index in [4.69, 9.17) is 0 Å².